The second kappa shape index (κ2) is 44.4. The number of aliphatic hydroxyl groups is 1. The number of likely N-dealkylation sites (tertiary alicyclic amines) is 1. The first kappa shape index (κ1) is 93.7. The molecular weight excluding hydrogens is 1430 g/mol. The van der Waals surface area contributed by atoms with E-state index in [0.29, 0.717) is 77.3 Å². The van der Waals surface area contributed by atoms with Crippen molar-refractivity contribution in [3.05, 3.63) is 0 Å². The van der Waals surface area contributed by atoms with Crippen LogP contribution in [-0.2, 0) is 72.4 Å². The Hall–Kier alpha value is -6.69. The van der Waals surface area contributed by atoms with Gasteiger partial charge in [-0.1, -0.05) is 121 Å². The van der Waals surface area contributed by atoms with Gasteiger partial charge in [-0.2, -0.15) is 0 Å². The van der Waals surface area contributed by atoms with Gasteiger partial charge in [0.15, 0.2) is 0 Å². The highest BCUT2D eigenvalue weighted by molar-refractivity contribution is 7.89. The van der Waals surface area contributed by atoms with Crippen molar-refractivity contribution < 1.29 is 75.9 Å². The predicted molar refractivity (Wildman–Crippen MR) is 413 cm³/mol. The zero-order valence-electron chi connectivity index (χ0n) is 68.1. The first-order chi connectivity index (χ1) is 50.5. The minimum absolute atomic E-state index is 0.00364. The number of aliphatic hydroxyl groups excluding tert-OH is 1. The van der Waals surface area contributed by atoms with E-state index in [1.165, 1.54) is 78.6 Å². The third kappa shape index (κ3) is 28.6. The van der Waals surface area contributed by atoms with Crippen LogP contribution in [0.15, 0.2) is 0 Å². The number of alkyl halides is 1. The zero-order chi connectivity index (χ0) is 81.4. The normalized spacial score (nSPS) is 27.5. The summed E-state index contributed by atoms with van der Waals surface area (Å²) in [5.41, 5.74) is 0. The number of amides is 13. The molecule has 13 amide bonds. The highest BCUT2D eigenvalue weighted by Gasteiger charge is 2.45. The van der Waals surface area contributed by atoms with Crippen LogP contribution in [0.5, 0.6) is 0 Å². The van der Waals surface area contributed by atoms with Crippen LogP contribution in [-0.4, -0.2) is 276 Å². The lowest BCUT2D eigenvalue weighted by atomic mass is 9.83. The summed E-state index contributed by atoms with van der Waals surface area (Å²) < 4.78 is 26.8. The molecule has 0 aromatic carbocycles. The lowest BCUT2D eigenvalue weighted by Crippen LogP contribution is -2.62. The molecule has 4 rings (SSSR count). The largest absolute Gasteiger partial charge is 0.391 e. The molecule has 4 aliphatic rings. The Morgan fingerprint density at radius 3 is 1.50 bits per heavy atom. The molecule has 2 aliphatic heterocycles. The molecule has 616 valence electrons. The van der Waals surface area contributed by atoms with E-state index < -0.39 is 179 Å². The van der Waals surface area contributed by atoms with Gasteiger partial charge in [0.05, 0.1) is 25.3 Å². The van der Waals surface area contributed by atoms with Crippen LogP contribution >= 0.6 is 11.6 Å². The number of unbranched alkanes of at least 4 members (excludes halogenated alkanes) is 1. The Labute approximate surface area is 648 Å². The van der Waals surface area contributed by atoms with Crippen molar-refractivity contribution in [1.82, 2.24) is 65.2 Å². The van der Waals surface area contributed by atoms with Gasteiger partial charge in [0.25, 0.3) is 0 Å². The topological polar surface area (TPSA) is 362 Å². The zero-order valence-corrected chi connectivity index (χ0v) is 69.7. The maximum atomic E-state index is 15.8. The van der Waals surface area contributed by atoms with Crippen molar-refractivity contribution in [2.45, 2.75) is 302 Å². The first-order valence-corrected chi connectivity index (χ1v) is 42.1. The molecule has 13 atom stereocenters. The number of carbonyl (C=O) groups is 13. The number of rotatable bonds is 22. The fraction of sp³-hybridized carbons (Fsp3) is 0.831. The third-order valence-corrected chi connectivity index (χ3v) is 22.8. The van der Waals surface area contributed by atoms with Crippen LogP contribution < -0.4 is 26.0 Å². The monoisotopic (exact) mass is 1560 g/mol. The van der Waals surface area contributed by atoms with Crippen LogP contribution in [0.4, 0.5) is 0 Å². The average Bonchev–Trinajstić information content (AvgIpc) is 0.808. The standard InChI is InChI=1S/C77H134ClN13O16S/c1-19-21-35-91-46-66(95)85(13)60(40-49(7)8)69(97)81-57(74(102)90-36-26-23-27-37-90)45-65(94)84(12)59(39-48(5)6)68(96)80-56(38-47(3)4)73(101)86(14)58(20-2)75(103)88(16)62(43-52-29-24-22-25-30-52)70(98)79-55(33-34-64(93)83-108(18,106)107)72(100)89(17)63(44-53-31-28-32-54(78)42-53)76(104)87(15)61(41-50(9)10)71(99)82-67(51(11)92)77(91)105/h47-63,67,92H,19-46H2,1-18H3,(H,79,98)(H,80,96)(H,81,97)(H,82,99)(H,83,93)/t51-,53?,54?,55?,56+,57+,58+,59+,60+,61+,62+,63+,67+/m1/s1. The van der Waals surface area contributed by atoms with E-state index in [-0.39, 0.29) is 92.4 Å². The predicted octanol–water partition coefficient (Wildman–Crippen LogP) is 4.92. The van der Waals surface area contributed by atoms with Crippen LogP contribution in [0.3, 0.4) is 0 Å². The molecular formula is C77H134ClN13O16S. The van der Waals surface area contributed by atoms with Gasteiger partial charge in [0.1, 0.15) is 60.4 Å². The van der Waals surface area contributed by atoms with Crippen molar-refractivity contribution in [1.29, 1.82) is 0 Å². The smallest absolute Gasteiger partial charge is 0.248 e. The summed E-state index contributed by atoms with van der Waals surface area (Å²) in [4.78, 5) is 206. The summed E-state index contributed by atoms with van der Waals surface area (Å²) in [6, 6.07) is -14.0. The maximum absolute atomic E-state index is 15.8. The Morgan fingerprint density at radius 1 is 0.519 bits per heavy atom. The van der Waals surface area contributed by atoms with E-state index in [2.05, 4.69) is 21.3 Å². The SMILES string of the molecule is CCCCN1CC(=O)N(C)[C@@H](CC(C)C)C(=O)N[C@H](C(=O)N2CCCCC2)CC(=O)N(C)[C@@H](CC(C)C)C(=O)N[C@@H](CC(C)C)C(=O)N(C)[C@@H](CC)C(=O)N(C)[C@@H](CC2CCCCC2)C(=O)NC(CCC(=O)NS(C)(=O)=O)C(=O)N(C)[C@@H](CC2CCCC(Cl)C2)C(=O)N(C)[C@@H](CC(C)C)C(=O)N[C@@H]([C@@H](C)O)C1=O. The highest BCUT2D eigenvalue weighted by Crippen LogP contribution is 2.34. The lowest BCUT2D eigenvalue weighted by molar-refractivity contribution is -0.152. The van der Waals surface area contributed by atoms with Gasteiger partial charge < -0.3 is 65.6 Å². The van der Waals surface area contributed by atoms with Crippen LogP contribution in [0.25, 0.3) is 0 Å². The molecule has 3 unspecified atom stereocenters. The Bertz CT molecular complexity index is 3170. The van der Waals surface area contributed by atoms with Gasteiger partial charge >= 0.3 is 0 Å². The van der Waals surface area contributed by atoms with E-state index in [4.69, 9.17) is 11.6 Å². The van der Waals surface area contributed by atoms with Crippen molar-refractivity contribution in [2.24, 2.45) is 35.5 Å². The molecule has 0 spiro atoms. The first-order valence-electron chi connectivity index (χ1n) is 39.7. The van der Waals surface area contributed by atoms with Gasteiger partial charge in [-0.05, 0) is 132 Å². The van der Waals surface area contributed by atoms with Gasteiger partial charge in [-0.3, -0.25) is 67.1 Å². The fourth-order valence-electron chi connectivity index (χ4n) is 15.4. The summed E-state index contributed by atoms with van der Waals surface area (Å²) in [6.07, 6.45) is 7.27. The van der Waals surface area contributed by atoms with Crippen LogP contribution in [0, 0.1) is 35.5 Å². The van der Waals surface area contributed by atoms with E-state index in [1.807, 2.05) is 67.0 Å². The lowest BCUT2D eigenvalue weighted by Gasteiger charge is -2.39. The Morgan fingerprint density at radius 2 is 0.972 bits per heavy atom. The highest BCUT2D eigenvalue weighted by atomic mass is 35.5. The van der Waals surface area contributed by atoms with Gasteiger partial charge in [0.2, 0.25) is 86.8 Å². The minimum atomic E-state index is -4.12. The van der Waals surface area contributed by atoms with E-state index in [1.54, 1.807) is 11.8 Å². The molecule has 6 N–H and O–H groups in total. The Kier molecular flexibility index (Phi) is 38.5. The number of nitrogens with one attached hydrogen (secondary N) is 5. The second-order valence-corrected chi connectivity index (χ2v) is 35.2. The average molecular weight is 1570 g/mol. The van der Waals surface area contributed by atoms with Gasteiger partial charge in [-0.15, -0.1) is 11.6 Å². The molecule has 4 fully saturated rings. The van der Waals surface area contributed by atoms with Gasteiger partial charge in [0, 0.05) is 73.7 Å². The molecule has 31 heteroatoms. The summed E-state index contributed by atoms with van der Waals surface area (Å²) in [6.45, 7) is 19.5. The molecule has 2 heterocycles. The van der Waals surface area contributed by atoms with Crippen molar-refractivity contribution in [3.63, 3.8) is 0 Å². The molecule has 0 aromatic rings. The van der Waals surface area contributed by atoms with E-state index >= 15 is 43.2 Å². The van der Waals surface area contributed by atoms with Crippen molar-refractivity contribution in [2.75, 3.05) is 74.7 Å². The number of carbonyl (C=O) groups excluding carboxylic acids is 13. The number of sulfonamides is 1. The van der Waals surface area contributed by atoms with Crippen LogP contribution in [0.2, 0.25) is 0 Å². The van der Waals surface area contributed by atoms with Crippen molar-refractivity contribution >= 4 is 98.4 Å². The molecule has 0 aromatic heterocycles. The molecule has 2 saturated heterocycles. The molecule has 0 bridgehead atoms. The third-order valence-electron chi connectivity index (χ3n) is 21.8. The minimum Gasteiger partial charge on any atom is -0.391 e. The van der Waals surface area contributed by atoms with E-state index in [0.717, 1.165) is 36.8 Å². The molecule has 2 saturated carbocycles. The number of halogens is 1. The second-order valence-electron chi connectivity index (χ2n) is 32.9. The molecule has 0 radical (unpaired) electrons. The number of hydrogen-bond donors (Lipinski definition) is 6. The summed E-state index contributed by atoms with van der Waals surface area (Å²) >= 11 is 6.81. The van der Waals surface area contributed by atoms with Gasteiger partial charge in [-0.25, -0.2) is 8.42 Å². The quantitative estimate of drug-likeness (QED) is 0.0783. The maximum Gasteiger partial charge on any atom is 0.248 e. The summed E-state index contributed by atoms with van der Waals surface area (Å²) in [5, 5.41) is 22.6. The molecule has 29 nitrogen and oxygen atoms in total. The van der Waals surface area contributed by atoms with Crippen molar-refractivity contribution in [3.8, 4) is 0 Å². The number of nitrogens with zero attached hydrogens (tertiary/aromatic N) is 8. The fourth-order valence-corrected chi connectivity index (χ4v) is 16.3. The number of piperidine rings is 1. The molecule has 2 aliphatic carbocycles. The number of hydrogen-bond acceptors (Lipinski definition) is 16. The number of likely N-dealkylation sites (N-methyl/N-ethyl adjacent to an activating group) is 6. The molecule has 108 heavy (non-hydrogen) atoms. The Balaban J connectivity index is 2.05. The summed E-state index contributed by atoms with van der Waals surface area (Å²) in [5.74, 6) is -11.3. The van der Waals surface area contributed by atoms with E-state index in [9.17, 15) is 32.7 Å². The van der Waals surface area contributed by atoms with Crippen LogP contribution in [0.1, 0.15) is 230 Å². The summed E-state index contributed by atoms with van der Waals surface area (Å²) in [7, 11) is 4.26.